The van der Waals surface area contributed by atoms with E-state index in [2.05, 4.69) is 98.9 Å². The van der Waals surface area contributed by atoms with Gasteiger partial charge in [-0.1, -0.05) is 189 Å². The Kier molecular flexibility index (Phi) is 44.6. The number of carbonyl (C=O) groups excluding carboxylic acids is 1. The van der Waals surface area contributed by atoms with E-state index in [4.69, 9.17) is 9.47 Å². The number of esters is 1. The van der Waals surface area contributed by atoms with Crippen molar-refractivity contribution in [1.29, 1.82) is 0 Å². The Morgan fingerprint density at radius 1 is 0.463 bits per heavy atom. The summed E-state index contributed by atoms with van der Waals surface area (Å²) >= 11 is 0. The van der Waals surface area contributed by atoms with E-state index in [9.17, 15) is 9.90 Å². The topological polar surface area (TPSA) is 55.8 Å². The number of hydrogen-bond acceptors (Lipinski definition) is 4. The van der Waals surface area contributed by atoms with E-state index in [1.54, 1.807) is 0 Å². The molecule has 1 N–H and O–H groups in total. The van der Waals surface area contributed by atoms with E-state index < -0.39 is 6.10 Å². The highest BCUT2D eigenvalue weighted by atomic mass is 16.6. The summed E-state index contributed by atoms with van der Waals surface area (Å²) in [5, 5.41) is 9.61. The largest absolute Gasteiger partial charge is 0.457 e. The number of carbonyl (C=O) groups is 1. The Morgan fingerprint density at radius 3 is 1.26 bits per heavy atom. The Bertz CT molecular complexity index is 969. The molecule has 0 amide bonds. The first-order chi connectivity index (χ1) is 26.7. The molecule has 4 heteroatoms. The number of aliphatic hydroxyl groups excluding tert-OH is 1. The zero-order valence-corrected chi connectivity index (χ0v) is 35.5. The maximum absolute atomic E-state index is 12.2. The number of ether oxygens (including phenoxy) is 2. The van der Waals surface area contributed by atoms with Crippen LogP contribution in [0.25, 0.3) is 0 Å². The van der Waals surface area contributed by atoms with E-state index in [-0.39, 0.29) is 19.2 Å². The lowest BCUT2D eigenvalue weighted by Crippen LogP contribution is -2.27. The molecule has 0 spiro atoms. The summed E-state index contributed by atoms with van der Waals surface area (Å²) in [5.41, 5.74) is 0. The second kappa shape index (κ2) is 46.7. The zero-order valence-electron chi connectivity index (χ0n) is 35.5. The Morgan fingerprint density at radius 2 is 0.833 bits per heavy atom. The average molecular weight is 751 g/mol. The number of rotatable bonds is 41. The number of allylic oxidation sites excluding steroid dienone is 14. The minimum Gasteiger partial charge on any atom is -0.457 e. The van der Waals surface area contributed by atoms with Crippen molar-refractivity contribution in [3.8, 4) is 0 Å². The van der Waals surface area contributed by atoms with Crippen molar-refractivity contribution in [3.63, 3.8) is 0 Å². The van der Waals surface area contributed by atoms with Gasteiger partial charge in [0, 0.05) is 13.0 Å². The first kappa shape index (κ1) is 51.6. The second-order valence-corrected chi connectivity index (χ2v) is 14.7. The molecule has 0 saturated carbocycles. The van der Waals surface area contributed by atoms with Crippen LogP contribution in [-0.2, 0) is 14.3 Å². The van der Waals surface area contributed by atoms with E-state index in [1.807, 2.05) is 0 Å². The monoisotopic (exact) mass is 751 g/mol. The van der Waals surface area contributed by atoms with Gasteiger partial charge in [0.25, 0.3) is 0 Å². The van der Waals surface area contributed by atoms with Gasteiger partial charge in [0.05, 0.1) is 13.2 Å². The summed E-state index contributed by atoms with van der Waals surface area (Å²) in [6, 6.07) is 0. The molecule has 310 valence electrons. The van der Waals surface area contributed by atoms with Gasteiger partial charge in [0.1, 0.15) is 6.10 Å². The maximum Gasteiger partial charge on any atom is 0.306 e. The molecule has 0 radical (unpaired) electrons. The van der Waals surface area contributed by atoms with Crippen molar-refractivity contribution in [2.75, 3.05) is 19.8 Å². The molecule has 0 aromatic rings. The van der Waals surface area contributed by atoms with Crippen molar-refractivity contribution in [2.45, 2.75) is 206 Å². The molecule has 0 heterocycles. The molecule has 0 saturated heterocycles. The molecular weight excluding hydrogens is 665 g/mol. The van der Waals surface area contributed by atoms with Gasteiger partial charge < -0.3 is 14.6 Å². The van der Waals surface area contributed by atoms with Gasteiger partial charge in [-0.25, -0.2) is 0 Å². The summed E-state index contributed by atoms with van der Waals surface area (Å²) in [6.07, 6.45) is 65.1. The highest BCUT2D eigenvalue weighted by molar-refractivity contribution is 5.69. The van der Waals surface area contributed by atoms with Crippen molar-refractivity contribution in [1.82, 2.24) is 0 Å². The quantitative estimate of drug-likeness (QED) is 0.0384. The van der Waals surface area contributed by atoms with E-state index >= 15 is 0 Å². The van der Waals surface area contributed by atoms with E-state index in [0.717, 1.165) is 70.6 Å². The first-order valence-electron chi connectivity index (χ1n) is 22.7. The standard InChI is InChI=1S/C50H86O4/c1-3-5-7-9-11-13-15-17-19-21-22-23-24-25-26-27-28-29-30-32-34-36-38-40-42-44-46-53-48-49(47-51)54-50(52)45-43-41-39-37-35-33-31-20-18-16-14-12-10-8-6-4-2/h5,7,11,13-14,16-17,19-20,22-23,25-26,31,49,51H,3-4,6,8-10,12,15,18,21,24,27-30,32-48H2,1-2H3/b7-5-,13-11-,16-14-,19-17-,23-22-,26-25-,31-20-. The highest BCUT2D eigenvalue weighted by Gasteiger charge is 2.13. The molecule has 0 aliphatic carbocycles. The van der Waals surface area contributed by atoms with Crippen LogP contribution in [0.2, 0.25) is 0 Å². The minimum absolute atomic E-state index is 0.183. The fourth-order valence-electron chi connectivity index (χ4n) is 6.09. The van der Waals surface area contributed by atoms with Crippen LogP contribution in [0.3, 0.4) is 0 Å². The minimum atomic E-state index is -0.549. The van der Waals surface area contributed by atoms with Crippen LogP contribution in [0, 0.1) is 0 Å². The fourth-order valence-corrected chi connectivity index (χ4v) is 6.09. The summed E-state index contributed by atoms with van der Waals surface area (Å²) in [5.74, 6) is -0.218. The average Bonchev–Trinajstić information content (AvgIpc) is 3.18. The zero-order chi connectivity index (χ0) is 39.1. The second-order valence-electron chi connectivity index (χ2n) is 14.7. The Hall–Kier alpha value is -2.43. The molecule has 0 aromatic carbocycles. The van der Waals surface area contributed by atoms with Crippen molar-refractivity contribution in [2.24, 2.45) is 0 Å². The smallest absolute Gasteiger partial charge is 0.306 e. The lowest BCUT2D eigenvalue weighted by Gasteiger charge is -2.15. The van der Waals surface area contributed by atoms with Gasteiger partial charge in [-0.3, -0.25) is 4.79 Å². The molecule has 0 aliphatic rings. The molecule has 54 heavy (non-hydrogen) atoms. The molecule has 1 unspecified atom stereocenters. The molecule has 4 nitrogen and oxygen atoms in total. The SMILES string of the molecule is CC/C=C\C/C=C\C/C=C\C/C=C\C/C=C\CCCCCCCCCCCCOCC(CO)OC(=O)CCCCCCC/C=C\C/C=C\CCCCCC. The van der Waals surface area contributed by atoms with Gasteiger partial charge >= 0.3 is 5.97 Å². The van der Waals surface area contributed by atoms with Gasteiger partial charge in [-0.05, 0) is 89.9 Å². The molecule has 0 aromatic heterocycles. The molecular formula is C50H86O4. The molecule has 0 fully saturated rings. The van der Waals surface area contributed by atoms with E-state index in [0.29, 0.717) is 13.0 Å². The third-order valence-electron chi connectivity index (χ3n) is 9.45. The molecule has 0 bridgehead atoms. The van der Waals surface area contributed by atoms with E-state index in [1.165, 1.54) is 109 Å². The van der Waals surface area contributed by atoms with Gasteiger partial charge in [0.15, 0.2) is 0 Å². The van der Waals surface area contributed by atoms with Crippen LogP contribution in [-0.4, -0.2) is 37.0 Å². The molecule has 1 atom stereocenters. The lowest BCUT2D eigenvalue weighted by molar-refractivity contribution is -0.154. The number of hydrogen-bond donors (Lipinski definition) is 1. The number of aliphatic hydroxyl groups is 1. The van der Waals surface area contributed by atoms with Gasteiger partial charge in [0.2, 0.25) is 0 Å². The predicted octanol–water partition coefficient (Wildman–Crippen LogP) is 15.2. The predicted molar refractivity (Wildman–Crippen MR) is 237 cm³/mol. The van der Waals surface area contributed by atoms with Gasteiger partial charge in [-0.2, -0.15) is 0 Å². The number of unbranched alkanes of at least 4 members (excludes halogenated alkanes) is 19. The third kappa shape index (κ3) is 44.0. The molecule has 0 rings (SSSR count). The Labute approximate surface area is 335 Å². The third-order valence-corrected chi connectivity index (χ3v) is 9.45. The van der Waals surface area contributed by atoms with Crippen LogP contribution in [0.5, 0.6) is 0 Å². The van der Waals surface area contributed by atoms with Crippen LogP contribution in [0.15, 0.2) is 85.1 Å². The summed E-state index contributed by atoms with van der Waals surface area (Å²) in [6.45, 7) is 5.19. The maximum atomic E-state index is 12.2. The molecule has 0 aliphatic heterocycles. The van der Waals surface area contributed by atoms with Crippen molar-refractivity contribution >= 4 is 5.97 Å². The van der Waals surface area contributed by atoms with Crippen molar-refractivity contribution < 1.29 is 19.4 Å². The van der Waals surface area contributed by atoms with Crippen LogP contribution < -0.4 is 0 Å². The van der Waals surface area contributed by atoms with Crippen LogP contribution >= 0.6 is 0 Å². The van der Waals surface area contributed by atoms with Crippen molar-refractivity contribution in [3.05, 3.63) is 85.1 Å². The normalized spacial score (nSPS) is 13.2. The summed E-state index contributed by atoms with van der Waals surface area (Å²) in [7, 11) is 0. The van der Waals surface area contributed by atoms with Gasteiger partial charge in [-0.15, -0.1) is 0 Å². The van der Waals surface area contributed by atoms with Crippen LogP contribution in [0.4, 0.5) is 0 Å². The Balaban J connectivity index is 3.48. The summed E-state index contributed by atoms with van der Waals surface area (Å²) in [4.78, 5) is 12.2. The fraction of sp³-hybridized carbons (Fsp3) is 0.700. The van der Waals surface area contributed by atoms with Crippen LogP contribution in [0.1, 0.15) is 200 Å². The summed E-state index contributed by atoms with van der Waals surface area (Å²) < 4.78 is 11.2. The lowest BCUT2D eigenvalue weighted by atomic mass is 10.1. The first-order valence-corrected chi connectivity index (χ1v) is 22.7. The highest BCUT2D eigenvalue weighted by Crippen LogP contribution is 2.13.